The van der Waals surface area contributed by atoms with Gasteiger partial charge >= 0.3 is 5.97 Å². The molecule has 0 fully saturated rings. The van der Waals surface area contributed by atoms with Crippen molar-refractivity contribution in [2.24, 2.45) is 0 Å². The van der Waals surface area contributed by atoms with Gasteiger partial charge in [-0.2, -0.15) is 0 Å². The minimum atomic E-state index is -0.859. The first-order valence-corrected chi connectivity index (χ1v) is 7.64. The number of ether oxygens (including phenoxy) is 2. The third kappa shape index (κ3) is 4.25. The predicted octanol–water partition coefficient (Wildman–Crippen LogP) is 3.81. The number of methoxy groups -OCH3 is 1. The lowest BCUT2D eigenvalue weighted by Crippen LogP contribution is -2.15. The molecule has 2 rings (SSSR count). The van der Waals surface area contributed by atoms with Gasteiger partial charge in [-0.15, -0.1) is 0 Å². The van der Waals surface area contributed by atoms with Gasteiger partial charge in [0.2, 0.25) is 0 Å². The molecular weight excluding hydrogens is 292 g/mol. The van der Waals surface area contributed by atoms with Crippen molar-refractivity contribution in [1.82, 2.24) is 0 Å². The van der Waals surface area contributed by atoms with Gasteiger partial charge in [-0.25, -0.2) is 0 Å². The first kappa shape index (κ1) is 16.9. The number of hydrogen-bond acceptors (Lipinski definition) is 3. The zero-order valence-corrected chi connectivity index (χ0v) is 13.7. The van der Waals surface area contributed by atoms with Gasteiger partial charge in [-0.3, -0.25) is 4.79 Å². The van der Waals surface area contributed by atoms with E-state index in [1.165, 1.54) is 0 Å². The average molecular weight is 314 g/mol. The molecule has 0 heterocycles. The maximum atomic E-state index is 11.8. The van der Waals surface area contributed by atoms with Crippen LogP contribution in [0.25, 0.3) is 0 Å². The minimum absolute atomic E-state index is 0.404. The van der Waals surface area contributed by atoms with Gasteiger partial charge in [0.1, 0.15) is 11.5 Å². The van der Waals surface area contributed by atoms with Crippen molar-refractivity contribution in [3.63, 3.8) is 0 Å². The van der Waals surface area contributed by atoms with Crippen molar-refractivity contribution in [2.75, 3.05) is 13.7 Å². The van der Waals surface area contributed by atoms with Gasteiger partial charge in [0.25, 0.3) is 0 Å². The number of carbonyl (C=O) groups is 1. The fourth-order valence-electron chi connectivity index (χ4n) is 2.58. The molecule has 0 radical (unpaired) electrons. The number of carboxylic acid groups (broad SMARTS) is 1. The second kappa shape index (κ2) is 7.68. The van der Waals surface area contributed by atoms with Crippen molar-refractivity contribution >= 4 is 5.97 Å². The summed E-state index contributed by atoms with van der Waals surface area (Å²) in [6.45, 7) is 4.48. The normalized spacial score (nSPS) is 11.8. The van der Waals surface area contributed by atoms with Crippen LogP contribution >= 0.6 is 0 Å². The van der Waals surface area contributed by atoms with Gasteiger partial charge in [0.05, 0.1) is 19.6 Å². The lowest BCUT2D eigenvalue weighted by atomic mass is 9.90. The largest absolute Gasteiger partial charge is 0.496 e. The number of hydrogen-bond donors (Lipinski definition) is 1. The highest BCUT2D eigenvalue weighted by atomic mass is 16.5. The van der Waals surface area contributed by atoms with E-state index in [0.29, 0.717) is 24.3 Å². The highest BCUT2D eigenvalue weighted by Crippen LogP contribution is 2.31. The molecule has 2 aromatic rings. The topological polar surface area (TPSA) is 55.8 Å². The Bertz CT molecular complexity index is 662. The number of carboxylic acids is 1. The minimum Gasteiger partial charge on any atom is -0.496 e. The van der Waals surface area contributed by atoms with Gasteiger partial charge < -0.3 is 14.6 Å². The SMILES string of the molecule is CCOc1ccc(CC(C(=O)O)c2cc(C)ccc2OC)cc1. The fraction of sp³-hybridized carbons (Fsp3) is 0.316. The van der Waals surface area contributed by atoms with Crippen molar-refractivity contribution in [1.29, 1.82) is 0 Å². The van der Waals surface area contributed by atoms with E-state index in [1.807, 2.05) is 56.3 Å². The smallest absolute Gasteiger partial charge is 0.311 e. The average Bonchev–Trinajstić information content (AvgIpc) is 2.54. The van der Waals surface area contributed by atoms with Crippen LogP contribution in [0.3, 0.4) is 0 Å². The first-order chi connectivity index (χ1) is 11.0. The zero-order chi connectivity index (χ0) is 16.8. The maximum absolute atomic E-state index is 11.8. The maximum Gasteiger partial charge on any atom is 0.311 e. The Hall–Kier alpha value is -2.49. The molecule has 4 nitrogen and oxygen atoms in total. The van der Waals surface area contributed by atoms with E-state index in [2.05, 4.69) is 0 Å². The summed E-state index contributed by atoms with van der Waals surface area (Å²) >= 11 is 0. The monoisotopic (exact) mass is 314 g/mol. The van der Waals surface area contributed by atoms with Crippen LogP contribution in [0.5, 0.6) is 11.5 Å². The summed E-state index contributed by atoms with van der Waals surface area (Å²) in [7, 11) is 1.56. The van der Waals surface area contributed by atoms with Crippen LogP contribution < -0.4 is 9.47 Å². The molecule has 0 aromatic heterocycles. The molecule has 0 aliphatic rings. The van der Waals surface area contributed by atoms with Crippen LogP contribution in [0.4, 0.5) is 0 Å². The van der Waals surface area contributed by atoms with E-state index >= 15 is 0 Å². The molecular formula is C19H22O4. The molecule has 0 spiro atoms. The third-order valence-electron chi connectivity index (χ3n) is 3.73. The summed E-state index contributed by atoms with van der Waals surface area (Å²) in [5.41, 5.74) is 2.66. The fourth-order valence-corrected chi connectivity index (χ4v) is 2.58. The molecule has 0 amide bonds. The molecule has 0 bridgehead atoms. The third-order valence-corrected chi connectivity index (χ3v) is 3.73. The van der Waals surface area contributed by atoms with Crippen molar-refractivity contribution in [3.8, 4) is 11.5 Å². The molecule has 0 saturated heterocycles. The Morgan fingerprint density at radius 3 is 2.43 bits per heavy atom. The Morgan fingerprint density at radius 1 is 1.17 bits per heavy atom. The molecule has 1 N–H and O–H groups in total. The summed E-state index contributed by atoms with van der Waals surface area (Å²) in [6.07, 6.45) is 0.404. The molecule has 2 aromatic carbocycles. The van der Waals surface area contributed by atoms with Crippen molar-refractivity contribution in [3.05, 3.63) is 59.2 Å². The van der Waals surface area contributed by atoms with Crippen LogP contribution in [-0.4, -0.2) is 24.8 Å². The molecule has 23 heavy (non-hydrogen) atoms. The van der Waals surface area contributed by atoms with Crippen LogP contribution in [0, 0.1) is 6.92 Å². The second-order valence-electron chi connectivity index (χ2n) is 5.42. The van der Waals surface area contributed by atoms with Crippen LogP contribution in [0.1, 0.15) is 29.5 Å². The van der Waals surface area contributed by atoms with Crippen LogP contribution in [0.15, 0.2) is 42.5 Å². The molecule has 0 aliphatic heterocycles. The predicted molar refractivity (Wildman–Crippen MR) is 89.4 cm³/mol. The van der Waals surface area contributed by atoms with E-state index in [4.69, 9.17) is 9.47 Å². The first-order valence-electron chi connectivity index (χ1n) is 7.64. The second-order valence-corrected chi connectivity index (χ2v) is 5.42. The standard InChI is InChI=1S/C19H22O4/c1-4-23-15-8-6-14(7-9-15)12-17(19(20)21)16-11-13(2)5-10-18(16)22-3/h5-11,17H,4,12H2,1-3H3,(H,20,21). The Balaban J connectivity index is 2.29. The highest BCUT2D eigenvalue weighted by Gasteiger charge is 2.24. The highest BCUT2D eigenvalue weighted by molar-refractivity contribution is 5.78. The van der Waals surface area contributed by atoms with Gasteiger partial charge in [0, 0.05) is 5.56 Å². The van der Waals surface area contributed by atoms with Crippen LogP contribution in [-0.2, 0) is 11.2 Å². The Morgan fingerprint density at radius 2 is 1.87 bits per heavy atom. The van der Waals surface area contributed by atoms with Crippen molar-refractivity contribution in [2.45, 2.75) is 26.2 Å². The lowest BCUT2D eigenvalue weighted by molar-refractivity contribution is -0.138. The quantitative estimate of drug-likeness (QED) is 0.844. The molecule has 1 atom stereocenters. The number of rotatable bonds is 7. The van der Waals surface area contributed by atoms with E-state index in [9.17, 15) is 9.90 Å². The van der Waals surface area contributed by atoms with Crippen molar-refractivity contribution < 1.29 is 19.4 Å². The Labute approximate surface area is 136 Å². The van der Waals surface area contributed by atoms with E-state index in [0.717, 1.165) is 16.9 Å². The molecule has 0 aliphatic carbocycles. The molecule has 122 valence electrons. The summed E-state index contributed by atoms with van der Waals surface area (Å²) in [5, 5.41) is 9.66. The summed E-state index contributed by atoms with van der Waals surface area (Å²) in [4.78, 5) is 11.8. The van der Waals surface area contributed by atoms with Gasteiger partial charge in [-0.1, -0.05) is 29.8 Å². The van der Waals surface area contributed by atoms with E-state index in [1.54, 1.807) is 7.11 Å². The van der Waals surface area contributed by atoms with E-state index < -0.39 is 11.9 Å². The summed E-state index contributed by atoms with van der Waals surface area (Å²) < 4.78 is 10.8. The summed E-state index contributed by atoms with van der Waals surface area (Å²) in [6, 6.07) is 13.2. The van der Waals surface area contributed by atoms with E-state index in [-0.39, 0.29) is 0 Å². The summed E-state index contributed by atoms with van der Waals surface area (Å²) in [5.74, 6) is -0.115. The molecule has 1 unspecified atom stereocenters. The number of benzene rings is 2. The van der Waals surface area contributed by atoms with Gasteiger partial charge in [-0.05, 0) is 44.0 Å². The molecule has 0 saturated carbocycles. The molecule has 4 heteroatoms. The lowest BCUT2D eigenvalue weighted by Gasteiger charge is -2.17. The van der Waals surface area contributed by atoms with Crippen LogP contribution in [0.2, 0.25) is 0 Å². The number of aliphatic carboxylic acids is 1. The number of aryl methyl sites for hydroxylation is 1. The zero-order valence-electron chi connectivity index (χ0n) is 13.7. The Kier molecular flexibility index (Phi) is 5.63. The van der Waals surface area contributed by atoms with Gasteiger partial charge in [0.15, 0.2) is 0 Å².